The first-order chi connectivity index (χ1) is 21.0. The summed E-state index contributed by atoms with van der Waals surface area (Å²) in [7, 11) is 0. The molecule has 44 heavy (non-hydrogen) atoms. The van der Waals surface area contributed by atoms with Gasteiger partial charge in [-0.25, -0.2) is 25.2 Å². The van der Waals surface area contributed by atoms with E-state index in [9.17, 15) is 39.6 Å². The lowest BCUT2D eigenvalue weighted by Gasteiger charge is -2.41. The lowest BCUT2D eigenvalue weighted by atomic mass is 9.81. The highest BCUT2D eigenvalue weighted by Crippen LogP contribution is 2.33. The molecule has 1 heterocycles. The average Bonchev–Trinajstić information content (AvgIpc) is 3.00. The van der Waals surface area contributed by atoms with Gasteiger partial charge in [0.05, 0.1) is 11.6 Å². The van der Waals surface area contributed by atoms with Crippen molar-refractivity contribution in [3.63, 3.8) is 0 Å². The van der Waals surface area contributed by atoms with Crippen LogP contribution in [0.25, 0.3) is 0 Å². The Kier molecular flexibility index (Phi) is 10.4. The van der Waals surface area contributed by atoms with Gasteiger partial charge in [0.15, 0.2) is 18.2 Å². The van der Waals surface area contributed by atoms with Crippen LogP contribution < -0.4 is 22.3 Å². The Morgan fingerprint density at radius 3 is 2.18 bits per heavy atom. The Bertz CT molecular complexity index is 1430. The largest absolute Gasteiger partial charge is 0.479 e. The number of aliphatic hydroxyl groups is 3. The molecule has 0 saturated carbocycles. The summed E-state index contributed by atoms with van der Waals surface area (Å²) in [5.74, 6) is -2.23. The number of aliphatic hydroxyl groups excluding tert-OH is 3. The molecule has 5 rings (SSSR count). The third kappa shape index (κ3) is 7.42. The highest BCUT2D eigenvalue weighted by atomic mass is 16.7. The number of urea groups is 2. The number of carbonyl (C=O) groups is 4. The minimum atomic E-state index is -1.82. The van der Waals surface area contributed by atoms with E-state index in [2.05, 4.69) is 21.1 Å². The van der Waals surface area contributed by atoms with Gasteiger partial charge in [0.2, 0.25) is 0 Å². The number of ketones is 1. The van der Waals surface area contributed by atoms with E-state index < -0.39 is 54.8 Å². The molecule has 234 valence electrons. The summed E-state index contributed by atoms with van der Waals surface area (Å²) >= 11 is 0. The van der Waals surface area contributed by atoms with Gasteiger partial charge in [-0.05, 0) is 11.1 Å². The third-order valence-electron chi connectivity index (χ3n) is 7.17. The van der Waals surface area contributed by atoms with Gasteiger partial charge < -0.3 is 41.4 Å². The molecule has 8 unspecified atom stereocenters. The number of carboxylic acids is 1. The van der Waals surface area contributed by atoms with Gasteiger partial charge in [-0.3, -0.25) is 4.79 Å². The first-order valence-electron chi connectivity index (χ1n) is 13.4. The fourth-order valence-electron chi connectivity index (χ4n) is 5.02. The van der Waals surface area contributed by atoms with Gasteiger partial charge in [0.1, 0.15) is 30.1 Å². The summed E-state index contributed by atoms with van der Waals surface area (Å²) in [5, 5.41) is 46.8. The monoisotopic (exact) mass is 612 g/mol. The van der Waals surface area contributed by atoms with Crippen molar-refractivity contribution in [1.29, 1.82) is 0 Å². The summed E-state index contributed by atoms with van der Waals surface area (Å²) < 4.78 is 11.0. The minimum Gasteiger partial charge on any atom is -0.479 e. The van der Waals surface area contributed by atoms with Crippen molar-refractivity contribution in [2.24, 2.45) is 33.5 Å². The number of aliphatic carboxylic acids is 1. The second kappa shape index (κ2) is 14.2. The molecule has 5 aliphatic rings. The smallest absolute Gasteiger partial charge is 0.335 e. The van der Waals surface area contributed by atoms with Crippen molar-refractivity contribution in [3.8, 4) is 0 Å². The molecule has 0 spiro atoms. The van der Waals surface area contributed by atoms with Crippen molar-refractivity contribution in [2.75, 3.05) is 0 Å². The zero-order chi connectivity index (χ0) is 32.0. The fraction of sp³-hybridized carbons (Fsp3) is 0.357. The van der Waals surface area contributed by atoms with Crippen LogP contribution in [0.1, 0.15) is 12.8 Å². The first kappa shape index (κ1) is 32.2. The molecule has 1 aliphatic heterocycles. The number of allylic oxidation sites excluding steroid dienone is 10. The van der Waals surface area contributed by atoms with Crippen LogP contribution in [-0.2, 0) is 19.1 Å². The summed E-state index contributed by atoms with van der Waals surface area (Å²) in [6.45, 7) is 0. The number of nitrogens with zero attached hydrogens (tertiary/aromatic N) is 2. The molecule has 0 aromatic carbocycles. The molecule has 10 N–H and O–H groups in total. The number of primary amides is 2. The number of hydrogen-bond acceptors (Lipinski definition) is 11. The summed E-state index contributed by atoms with van der Waals surface area (Å²) in [6, 6.07) is -1.65. The number of carbonyl (C=O) groups excluding carboxylic acids is 3. The molecule has 16 nitrogen and oxygen atoms in total. The molecule has 0 aromatic rings. The van der Waals surface area contributed by atoms with Crippen molar-refractivity contribution >= 4 is 35.2 Å². The quantitative estimate of drug-likeness (QED) is 0.176. The van der Waals surface area contributed by atoms with E-state index in [1.165, 1.54) is 0 Å². The van der Waals surface area contributed by atoms with Crippen molar-refractivity contribution < 1.29 is 49.1 Å². The topological polar surface area (TPSA) is 268 Å². The fourth-order valence-corrected chi connectivity index (χ4v) is 5.02. The SMILES string of the molecule is NC(=O)NN=C1CC=C2C=CC=CC2C1=O.NC(=O)NN=C1CC=C2C=CC=CC2C1OC1OC(C(=O)O)C(O)C(O)C1O. The lowest BCUT2D eigenvalue weighted by Crippen LogP contribution is -2.61. The molecule has 4 amide bonds. The zero-order valence-electron chi connectivity index (χ0n) is 23.1. The van der Waals surface area contributed by atoms with Gasteiger partial charge in [-0.15, -0.1) is 0 Å². The van der Waals surface area contributed by atoms with E-state index in [0.717, 1.165) is 11.1 Å². The third-order valence-corrected chi connectivity index (χ3v) is 7.17. The Balaban J connectivity index is 0.000000233. The van der Waals surface area contributed by atoms with E-state index >= 15 is 0 Å². The molecular formula is C28H32N6O10. The van der Waals surface area contributed by atoms with Gasteiger partial charge in [-0.1, -0.05) is 60.8 Å². The predicted octanol–water partition coefficient (Wildman–Crippen LogP) is -0.987. The number of nitrogens with two attached hydrogens (primary N) is 2. The van der Waals surface area contributed by atoms with Crippen LogP contribution >= 0.6 is 0 Å². The molecule has 0 bridgehead atoms. The van der Waals surface area contributed by atoms with Crippen LogP contribution in [0.5, 0.6) is 0 Å². The number of ether oxygens (including phenoxy) is 2. The Morgan fingerprint density at radius 1 is 0.864 bits per heavy atom. The van der Waals surface area contributed by atoms with E-state index in [4.69, 9.17) is 20.9 Å². The Labute approximate surface area is 250 Å². The number of carboxylic acid groups (broad SMARTS) is 1. The van der Waals surface area contributed by atoms with Gasteiger partial charge in [0, 0.05) is 18.8 Å². The normalized spacial score (nSPS) is 33.8. The Hall–Kier alpha value is -4.74. The molecule has 8 atom stereocenters. The van der Waals surface area contributed by atoms with Crippen LogP contribution in [0, 0.1) is 11.8 Å². The summed E-state index contributed by atoms with van der Waals surface area (Å²) in [5.41, 5.74) is 16.7. The predicted molar refractivity (Wildman–Crippen MR) is 153 cm³/mol. The molecule has 1 saturated heterocycles. The van der Waals surface area contributed by atoms with Crippen LogP contribution in [-0.4, -0.2) is 92.5 Å². The van der Waals surface area contributed by atoms with Crippen molar-refractivity contribution in [2.45, 2.75) is 49.7 Å². The number of Topliss-reactive ketones (excluding diaryl/α,β-unsaturated/α-hetero) is 1. The van der Waals surface area contributed by atoms with E-state index in [0.29, 0.717) is 24.3 Å². The minimum absolute atomic E-state index is 0.0909. The molecule has 0 aromatic heterocycles. The number of amides is 4. The van der Waals surface area contributed by atoms with Crippen molar-refractivity contribution in [1.82, 2.24) is 10.9 Å². The molecule has 16 heteroatoms. The average molecular weight is 613 g/mol. The standard InChI is InChI=1S/C17H21N3O8.C11H11N3O2/c18-17(26)20-19-9-6-5-7-3-1-2-4-8(7)13(9)27-16-12(23)10(21)11(22)14(28-16)15(24)25;12-11(16)14-13-9-6-5-7-3-1-2-4-8(7)10(9)15/h1-5,8,10-14,16,21-23H,6H2,(H,24,25)(H3,18,20,26);1-5,8H,6H2,(H3,12,14,16). The first-order valence-corrected chi connectivity index (χ1v) is 13.4. The van der Waals surface area contributed by atoms with Crippen LogP contribution in [0.3, 0.4) is 0 Å². The molecule has 4 aliphatic carbocycles. The number of rotatable bonds is 5. The maximum Gasteiger partial charge on any atom is 0.335 e. The lowest BCUT2D eigenvalue weighted by molar-refractivity contribution is -0.300. The van der Waals surface area contributed by atoms with Crippen LogP contribution in [0.15, 0.2) is 82.1 Å². The summed E-state index contributed by atoms with van der Waals surface area (Å²) in [4.78, 5) is 44.7. The molecule has 1 fully saturated rings. The second-order valence-corrected chi connectivity index (χ2v) is 10.1. The number of hydrogen-bond donors (Lipinski definition) is 8. The summed E-state index contributed by atoms with van der Waals surface area (Å²) in [6.07, 6.45) is 9.73. The maximum absolute atomic E-state index is 11.9. The van der Waals surface area contributed by atoms with Crippen molar-refractivity contribution in [3.05, 3.63) is 71.9 Å². The second-order valence-electron chi connectivity index (χ2n) is 10.1. The van der Waals surface area contributed by atoms with Gasteiger partial charge >= 0.3 is 18.0 Å². The van der Waals surface area contributed by atoms with Crippen LogP contribution in [0.2, 0.25) is 0 Å². The number of nitrogens with one attached hydrogen (secondary N) is 2. The van der Waals surface area contributed by atoms with Gasteiger partial charge in [-0.2, -0.15) is 10.2 Å². The zero-order valence-corrected chi connectivity index (χ0v) is 23.1. The molecule has 0 radical (unpaired) electrons. The number of fused-ring (bicyclic) bond motifs is 2. The van der Waals surface area contributed by atoms with Crippen LogP contribution in [0.4, 0.5) is 9.59 Å². The van der Waals surface area contributed by atoms with E-state index in [1.54, 1.807) is 6.08 Å². The molecular weight excluding hydrogens is 580 g/mol. The highest BCUT2D eigenvalue weighted by Gasteiger charge is 2.49. The van der Waals surface area contributed by atoms with E-state index in [1.807, 2.05) is 54.7 Å². The highest BCUT2D eigenvalue weighted by molar-refractivity contribution is 6.42. The van der Waals surface area contributed by atoms with Gasteiger partial charge in [0.25, 0.3) is 0 Å². The Morgan fingerprint density at radius 2 is 1.50 bits per heavy atom. The maximum atomic E-state index is 11.9. The number of hydrazone groups is 2. The van der Waals surface area contributed by atoms with E-state index in [-0.39, 0.29) is 17.6 Å².